The summed E-state index contributed by atoms with van der Waals surface area (Å²) in [5, 5.41) is 6.38. The molecule has 0 bridgehead atoms. The van der Waals surface area contributed by atoms with Crippen molar-refractivity contribution in [1.29, 1.82) is 0 Å². The summed E-state index contributed by atoms with van der Waals surface area (Å²) in [5.41, 5.74) is 0.239. The second-order valence-electron chi connectivity index (χ2n) is 9.86. The summed E-state index contributed by atoms with van der Waals surface area (Å²) < 4.78 is 24.2. The van der Waals surface area contributed by atoms with Gasteiger partial charge in [-0.2, -0.15) is 0 Å². The number of amides is 2. The topological polar surface area (TPSA) is 108 Å². The molecule has 0 atom stereocenters. The Bertz CT molecular complexity index is 1200. The van der Waals surface area contributed by atoms with E-state index in [9.17, 15) is 18.0 Å². The van der Waals surface area contributed by atoms with Gasteiger partial charge in [0.15, 0.2) is 15.7 Å². The number of rotatable bonds is 6. The summed E-state index contributed by atoms with van der Waals surface area (Å²) in [6.45, 7) is 7.08. The second-order valence-corrected chi connectivity index (χ2v) is 12.7. The third-order valence-corrected chi connectivity index (χ3v) is 7.06. The van der Waals surface area contributed by atoms with Gasteiger partial charge in [-0.25, -0.2) is 13.4 Å². The Morgan fingerprint density at radius 2 is 1.69 bits per heavy atom. The lowest BCUT2D eigenvalue weighted by Gasteiger charge is -2.34. The lowest BCUT2D eigenvalue weighted by Crippen LogP contribution is -2.42. The molecule has 190 valence electrons. The van der Waals surface area contributed by atoms with Crippen molar-refractivity contribution < 1.29 is 18.0 Å². The van der Waals surface area contributed by atoms with Crippen LogP contribution in [0.4, 0.5) is 11.5 Å². The van der Waals surface area contributed by atoms with Gasteiger partial charge in [-0.1, -0.05) is 23.2 Å². The van der Waals surface area contributed by atoms with E-state index in [1.807, 2.05) is 25.7 Å². The molecule has 1 aliphatic heterocycles. The molecule has 1 fully saturated rings. The van der Waals surface area contributed by atoms with Gasteiger partial charge in [0, 0.05) is 53.1 Å². The molecule has 8 nitrogen and oxygen atoms in total. The van der Waals surface area contributed by atoms with Crippen molar-refractivity contribution in [1.82, 2.24) is 10.3 Å². The monoisotopic (exact) mass is 540 g/mol. The molecule has 1 saturated heterocycles. The molecule has 0 radical (unpaired) electrons. The molecule has 2 N–H and O–H groups in total. The van der Waals surface area contributed by atoms with Crippen LogP contribution in [0, 0.1) is 5.92 Å². The molecule has 2 heterocycles. The second kappa shape index (κ2) is 10.7. The normalized spacial score (nSPS) is 15.1. The maximum atomic E-state index is 12.9. The molecule has 0 aliphatic carbocycles. The zero-order valence-electron chi connectivity index (χ0n) is 20.2. The molecule has 2 aromatic rings. The Morgan fingerprint density at radius 3 is 2.23 bits per heavy atom. The number of pyridine rings is 1. The molecule has 1 aromatic carbocycles. The van der Waals surface area contributed by atoms with Crippen molar-refractivity contribution in [3.05, 3.63) is 46.1 Å². The standard InChI is InChI=1S/C24H30Cl2N4O4S/c1-24(2,3)29-21(31)9-15-5-7-30(8-6-15)22-20(13-19(14-27-22)35(4,33)34)28-23(32)16-10-17(25)12-18(26)11-16/h10-15H,5-9H2,1-4H3,(H,28,32)(H,29,31). The van der Waals surface area contributed by atoms with Crippen LogP contribution in [0.1, 0.15) is 50.4 Å². The molecule has 3 rings (SSSR count). The molecule has 35 heavy (non-hydrogen) atoms. The van der Waals surface area contributed by atoms with Crippen molar-refractivity contribution in [2.24, 2.45) is 5.92 Å². The molecule has 0 unspecified atom stereocenters. The molecule has 2 amide bonds. The van der Waals surface area contributed by atoms with E-state index in [-0.39, 0.29) is 33.5 Å². The predicted octanol–water partition coefficient (Wildman–Crippen LogP) is 4.57. The molecule has 1 aromatic heterocycles. The van der Waals surface area contributed by atoms with Crippen LogP contribution >= 0.6 is 23.2 Å². The van der Waals surface area contributed by atoms with Gasteiger partial charge in [0.1, 0.15) is 0 Å². The highest BCUT2D eigenvalue weighted by molar-refractivity contribution is 7.90. The first-order chi connectivity index (χ1) is 16.2. The minimum atomic E-state index is -3.54. The molecular weight excluding hydrogens is 511 g/mol. The van der Waals surface area contributed by atoms with Gasteiger partial charge < -0.3 is 15.5 Å². The number of halogens is 2. The van der Waals surface area contributed by atoms with Gasteiger partial charge in [-0.15, -0.1) is 0 Å². The number of carbonyl (C=O) groups excluding carboxylic acids is 2. The fourth-order valence-corrected chi connectivity index (χ4v) is 5.05. The Balaban J connectivity index is 1.79. The van der Waals surface area contributed by atoms with Gasteiger partial charge in [-0.3, -0.25) is 9.59 Å². The Hall–Kier alpha value is -2.36. The van der Waals surface area contributed by atoms with E-state index in [1.54, 1.807) is 0 Å². The average molecular weight is 542 g/mol. The van der Waals surface area contributed by atoms with E-state index in [0.29, 0.717) is 35.4 Å². The van der Waals surface area contributed by atoms with Crippen molar-refractivity contribution in [2.45, 2.75) is 50.5 Å². The summed E-state index contributed by atoms with van der Waals surface area (Å²) in [6, 6.07) is 5.88. The number of nitrogens with zero attached hydrogens (tertiary/aromatic N) is 2. The highest BCUT2D eigenvalue weighted by atomic mass is 35.5. The van der Waals surface area contributed by atoms with Crippen molar-refractivity contribution in [2.75, 3.05) is 29.6 Å². The number of carbonyl (C=O) groups is 2. The van der Waals surface area contributed by atoms with E-state index < -0.39 is 15.7 Å². The largest absolute Gasteiger partial charge is 0.355 e. The van der Waals surface area contributed by atoms with Crippen LogP contribution in [-0.4, -0.2) is 50.1 Å². The third-order valence-electron chi connectivity index (χ3n) is 5.55. The predicted molar refractivity (Wildman–Crippen MR) is 139 cm³/mol. The fourth-order valence-electron chi connectivity index (χ4n) is 3.94. The molecule has 11 heteroatoms. The minimum absolute atomic E-state index is 0.00517. The number of hydrogen-bond acceptors (Lipinski definition) is 6. The fraction of sp³-hybridized carbons (Fsp3) is 0.458. The van der Waals surface area contributed by atoms with Gasteiger partial charge >= 0.3 is 0 Å². The Kier molecular flexibility index (Phi) is 8.34. The zero-order valence-corrected chi connectivity index (χ0v) is 22.5. The van der Waals surface area contributed by atoms with E-state index in [0.717, 1.165) is 19.1 Å². The summed E-state index contributed by atoms with van der Waals surface area (Å²) in [4.78, 5) is 31.6. The first-order valence-corrected chi connectivity index (χ1v) is 13.9. The first-order valence-electron chi connectivity index (χ1n) is 11.2. The van der Waals surface area contributed by atoms with Crippen molar-refractivity contribution in [3.63, 3.8) is 0 Å². The molecule has 0 spiro atoms. The van der Waals surface area contributed by atoms with Crippen LogP contribution in [-0.2, 0) is 14.6 Å². The summed E-state index contributed by atoms with van der Waals surface area (Å²) in [7, 11) is -3.54. The van der Waals surface area contributed by atoms with Gasteiger partial charge in [0.05, 0.1) is 10.6 Å². The summed E-state index contributed by atoms with van der Waals surface area (Å²) >= 11 is 12.1. The van der Waals surface area contributed by atoms with Crippen molar-refractivity contribution >= 4 is 56.4 Å². The van der Waals surface area contributed by atoms with E-state index in [4.69, 9.17) is 23.2 Å². The highest BCUT2D eigenvalue weighted by Crippen LogP contribution is 2.31. The molecular formula is C24H30Cl2N4O4S. The first kappa shape index (κ1) is 27.2. The van der Waals surface area contributed by atoms with E-state index >= 15 is 0 Å². The lowest BCUT2D eigenvalue weighted by molar-refractivity contribution is -0.123. The van der Waals surface area contributed by atoms with Crippen LogP contribution < -0.4 is 15.5 Å². The number of hydrogen-bond donors (Lipinski definition) is 2. The Morgan fingerprint density at radius 1 is 1.09 bits per heavy atom. The van der Waals surface area contributed by atoms with Crippen LogP contribution in [0.2, 0.25) is 10.0 Å². The van der Waals surface area contributed by atoms with E-state index in [1.165, 1.54) is 30.5 Å². The number of nitrogens with one attached hydrogen (secondary N) is 2. The number of anilines is 2. The average Bonchev–Trinajstić information content (AvgIpc) is 2.71. The van der Waals surface area contributed by atoms with E-state index in [2.05, 4.69) is 15.6 Å². The highest BCUT2D eigenvalue weighted by Gasteiger charge is 2.26. The summed E-state index contributed by atoms with van der Waals surface area (Å²) in [6.07, 6.45) is 4.36. The number of piperidine rings is 1. The quantitative estimate of drug-likeness (QED) is 0.555. The zero-order chi connectivity index (χ0) is 26.0. The maximum Gasteiger partial charge on any atom is 0.255 e. The minimum Gasteiger partial charge on any atom is -0.355 e. The summed E-state index contributed by atoms with van der Waals surface area (Å²) in [5.74, 6) is 0.239. The molecule has 1 aliphatic rings. The maximum absolute atomic E-state index is 12.9. The van der Waals surface area contributed by atoms with Gasteiger partial charge in [0.25, 0.3) is 5.91 Å². The lowest BCUT2D eigenvalue weighted by atomic mass is 9.92. The van der Waals surface area contributed by atoms with Crippen LogP contribution in [0.25, 0.3) is 0 Å². The molecule has 0 saturated carbocycles. The number of benzene rings is 1. The van der Waals surface area contributed by atoms with Gasteiger partial charge in [-0.05, 0) is 63.8 Å². The van der Waals surface area contributed by atoms with Gasteiger partial charge in [0.2, 0.25) is 5.91 Å². The van der Waals surface area contributed by atoms with Crippen LogP contribution in [0.5, 0.6) is 0 Å². The third kappa shape index (κ3) is 7.81. The number of sulfone groups is 1. The number of aromatic nitrogens is 1. The SMILES string of the molecule is CC(C)(C)NC(=O)CC1CCN(c2ncc(S(C)(=O)=O)cc2NC(=O)c2cc(Cl)cc(Cl)c2)CC1. The Labute approximate surface area is 216 Å². The van der Waals surface area contributed by atoms with Crippen LogP contribution in [0.3, 0.4) is 0 Å². The van der Waals surface area contributed by atoms with Crippen molar-refractivity contribution in [3.8, 4) is 0 Å². The smallest absolute Gasteiger partial charge is 0.255 e. The van der Waals surface area contributed by atoms with Crippen LogP contribution in [0.15, 0.2) is 35.4 Å².